The van der Waals surface area contributed by atoms with Gasteiger partial charge in [0.1, 0.15) is 11.8 Å². The second-order valence-electron chi connectivity index (χ2n) is 4.12. The number of nitrogens with zero attached hydrogens (tertiary/aromatic N) is 5. The zero-order valence-electron chi connectivity index (χ0n) is 10.1. The van der Waals surface area contributed by atoms with E-state index in [1.807, 2.05) is 13.8 Å². The lowest BCUT2D eigenvalue weighted by Gasteiger charge is -2.11. The first-order valence-corrected chi connectivity index (χ1v) is 5.77. The maximum absolute atomic E-state index is 12.2. The summed E-state index contributed by atoms with van der Waals surface area (Å²) in [6.07, 6.45) is 3.66. The van der Waals surface area contributed by atoms with E-state index < -0.39 is 0 Å². The Hall–Kier alpha value is -2.31. The summed E-state index contributed by atoms with van der Waals surface area (Å²) in [5, 5.41) is 5.67. The Bertz CT molecular complexity index is 646. The Balaban J connectivity index is 2.13. The van der Waals surface area contributed by atoms with Gasteiger partial charge in [0.25, 0.3) is 5.91 Å². The molecule has 18 heavy (non-hydrogen) atoms. The van der Waals surface area contributed by atoms with Crippen molar-refractivity contribution in [2.24, 2.45) is 11.0 Å². The molecule has 0 bridgehead atoms. The van der Waals surface area contributed by atoms with E-state index in [0.29, 0.717) is 17.0 Å². The quantitative estimate of drug-likeness (QED) is 0.856. The maximum Gasteiger partial charge on any atom is 0.257 e. The van der Waals surface area contributed by atoms with Gasteiger partial charge in [0, 0.05) is 0 Å². The molecule has 1 unspecified atom stereocenters. The smallest absolute Gasteiger partial charge is 0.257 e. The maximum atomic E-state index is 12.2. The summed E-state index contributed by atoms with van der Waals surface area (Å²) >= 11 is 0. The average Bonchev–Trinajstić information content (AvgIpc) is 2.96. The van der Waals surface area contributed by atoms with Crippen molar-refractivity contribution in [2.45, 2.75) is 20.3 Å². The van der Waals surface area contributed by atoms with Crippen molar-refractivity contribution in [2.75, 3.05) is 5.01 Å². The minimum absolute atomic E-state index is 0.0681. The summed E-state index contributed by atoms with van der Waals surface area (Å²) in [5.41, 5.74) is 2.02. The van der Waals surface area contributed by atoms with Gasteiger partial charge in [-0.2, -0.15) is 10.1 Å². The highest BCUT2D eigenvalue weighted by molar-refractivity contribution is 6.16. The first-order valence-electron chi connectivity index (χ1n) is 5.77. The lowest BCUT2D eigenvalue weighted by molar-refractivity contribution is -0.119. The standard InChI is InChI=1S/C11H12N6O/c1-3-7-6(2)11(18)17(16-7)10-8-9(13-4-12-8)14-5-15-10/h4-6H,3H2,1-2H3,(H,12,13,14,15). The molecule has 1 amide bonds. The molecule has 0 fully saturated rings. The normalized spacial score (nSPS) is 19.7. The van der Waals surface area contributed by atoms with Crippen LogP contribution in [0.15, 0.2) is 17.8 Å². The largest absolute Gasteiger partial charge is 0.340 e. The van der Waals surface area contributed by atoms with Crippen molar-refractivity contribution in [3.8, 4) is 0 Å². The molecule has 1 N–H and O–H groups in total. The van der Waals surface area contributed by atoms with E-state index in [2.05, 4.69) is 25.0 Å². The van der Waals surface area contributed by atoms with Crippen LogP contribution in [0.5, 0.6) is 0 Å². The van der Waals surface area contributed by atoms with Gasteiger partial charge >= 0.3 is 0 Å². The summed E-state index contributed by atoms with van der Waals surface area (Å²) < 4.78 is 0. The van der Waals surface area contributed by atoms with Crippen LogP contribution >= 0.6 is 0 Å². The minimum atomic E-state index is -0.192. The van der Waals surface area contributed by atoms with Crippen LogP contribution < -0.4 is 5.01 Å². The number of amides is 1. The molecule has 0 saturated carbocycles. The Morgan fingerprint density at radius 2 is 2.22 bits per heavy atom. The van der Waals surface area contributed by atoms with Crippen molar-refractivity contribution in [1.82, 2.24) is 19.9 Å². The Morgan fingerprint density at radius 3 is 2.94 bits per heavy atom. The fourth-order valence-electron chi connectivity index (χ4n) is 2.03. The fraction of sp³-hybridized carbons (Fsp3) is 0.364. The molecular weight excluding hydrogens is 232 g/mol. The van der Waals surface area contributed by atoms with E-state index in [-0.39, 0.29) is 11.8 Å². The van der Waals surface area contributed by atoms with Gasteiger partial charge < -0.3 is 4.98 Å². The highest BCUT2D eigenvalue weighted by Gasteiger charge is 2.34. The SMILES string of the molecule is CCC1=NN(c2ncnc3nc[nH]c23)C(=O)C1C. The van der Waals surface area contributed by atoms with Crippen LogP contribution in [0.25, 0.3) is 11.2 Å². The predicted molar refractivity (Wildman–Crippen MR) is 66.1 cm³/mol. The summed E-state index contributed by atoms with van der Waals surface area (Å²) in [6, 6.07) is 0. The van der Waals surface area contributed by atoms with E-state index in [1.54, 1.807) is 0 Å². The van der Waals surface area contributed by atoms with E-state index in [0.717, 1.165) is 12.1 Å². The highest BCUT2D eigenvalue weighted by Crippen LogP contribution is 2.26. The number of H-pyrrole nitrogens is 1. The molecule has 1 atom stereocenters. The zero-order valence-corrected chi connectivity index (χ0v) is 10.1. The molecule has 7 nitrogen and oxygen atoms in total. The number of fused-ring (bicyclic) bond motifs is 1. The van der Waals surface area contributed by atoms with Crippen molar-refractivity contribution >= 4 is 28.6 Å². The van der Waals surface area contributed by atoms with Crippen molar-refractivity contribution in [3.63, 3.8) is 0 Å². The first kappa shape index (κ1) is 10.8. The lowest BCUT2D eigenvalue weighted by Crippen LogP contribution is -2.26. The average molecular weight is 244 g/mol. The summed E-state index contributed by atoms with van der Waals surface area (Å²) in [5.74, 6) is 0.196. The molecule has 2 aromatic rings. The molecule has 1 aliphatic heterocycles. The molecule has 7 heteroatoms. The second-order valence-corrected chi connectivity index (χ2v) is 4.12. The molecule has 0 aromatic carbocycles. The van der Waals surface area contributed by atoms with Crippen LogP contribution in [0.2, 0.25) is 0 Å². The molecule has 2 aromatic heterocycles. The molecular formula is C11H12N6O. The van der Waals surface area contributed by atoms with Gasteiger partial charge in [0.2, 0.25) is 0 Å². The number of nitrogens with one attached hydrogen (secondary N) is 1. The van der Waals surface area contributed by atoms with Crippen molar-refractivity contribution in [3.05, 3.63) is 12.7 Å². The van der Waals surface area contributed by atoms with Gasteiger partial charge in [-0.25, -0.2) is 15.0 Å². The van der Waals surface area contributed by atoms with Gasteiger partial charge in [0.15, 0.2) is 11.5 Å². The molecule has 0 saturated heterocycles. The Kier molecular flexibility index (Phi) is 2.32. The van der Waals surface area contributed by atoms with E-state index in [9.17, 15) is 4.79 Å². The van der Waals surface area contributed by atoms with Gasteiger partial charge in [0.05, 0.1) is 18.0 Å². The number of carbonyl (C=O) groups excluding carboxylic acids is 1. The van der Waals surface area contributed by atoms with Crippen LogP contribution in [0.3, 0.4) is 0 Å². The zero-order chi connectivity index (χ0) is 12.7. The number of hydrogen-bond donors (Lipinski definition) is 1. The van der Waals surface area contributed by atoms with Crippen LogP contribution in [0.1, 0.15) is 20.3 Å². The van der Waals surface area contributed by atoms with E-state index in [4.69, 9.17) is 0 Å². The molecule has 0 aliphatic carbocycles. The number of aromatic amines is 1. The first-order chi connectivity index (χ1) is 8.72. The predicted octanol–water partition coefficient (Wildman–Crippen LogP) is 1.10. The molecule has 3 heterocycles. The minimum Gasteiger partial charge on any atom is -0.340 e. The van der Waals surface area contributed by atoms with Gasteiger partial charge in [-0.3, -0.25) is 4.79 Å². The topological polar surface area (TPSA) is 87.1 Å². The summed E-state index contributed by atoms with van der Waals surface area (Å²) in [6.45, 7) is 3.84. The number of imidazole rings is 1. The Morgan fingerprint density at radius 1 is 1.39 bits per heavy atom. The van der Waals surface area contributed by atoms with E-state index in [1.165, 1.54) is 17.7 Å². The number of rotatable bonds is 2. The van der Waals surface area contributed by atoms with Crippen molar-refractivity contribution in [1.29, 1.82) is 0 Å². The third-order valence-corrected chi connectivity index (χ3v) is 3.07. The number of anilines is 1. The van der Waals surface area contributed by atoms with Crippen LogP contribution in [-0.2, 0) is 4.79 Å². The molecule has 92 valence electrons. The molecule has 0 spiro atoms. The lowest BCUT2D eigenvalue weighted by atomic mass is 10.0. The number of carbonyl (C=O) groups is 1. The summed E-state index contributed by atoms with van der Waals surface area (Å²) in [7, 11) is 0. The third-order valence-electron chi connectivity index (χ3n) is 3.07. The fourth-order valence-corrected chi connectivity index (χ4v) is 2.03. The Labute approximate surface area is 103 Å². The number of hydrogen-bond acceptors (Lipinski definition) is 5. The second kappa shape index (κ2) is 3.86. The molecule has 1 aliphatic rings. The van der Waals surface area contributed by atoms with E-state index >= 15 is 0 Å². The van der Waals surface area contributed by atoms with Gasteiger partial charge in [-0.05, 0) is 13.3 Å². The van der Waals surface area contributed by atoms with Crippen molar-refractivity contribution < 1.29 is 4.79 Å². The highest BCUT2D eigenvalue weighted by atomic mass is 16.2. The molecule has 0 radical (unpaired) electrons. The van der Waals surface area contributed by atoms with Crippen LogP contribution in [0, 0.1) is 5.92 Å². The van der Waals surface area contributed by atoms with Crippen LogP contribution in [0.4, 0.5) is 5.82 Å². The summed E-state index contributed by atoms with van der Waals surface area (Å²) in [4.78, 5) is 27.3. The van der Waals surface area contributed by atoms with Gasteiger partial charge in [-0.15, -0.1) is 0 Å². The number of aromatic nitrogens is 4. The third kappa shape index (κ3) is 1.40. The number of hydrazone groups is 1. The van der Waals surface area contributed by atoms with Crippen LogP contribution in [-0.4, -0.2) is 31.6 Å². The molecule has 3 rings (SSSR count). The monoisotopic (exact) mass is 244 g/mol. The van der Waals surface area contributed by atoms with Gasteiger partial charge in [-0.1, -0.05) is 6.92 Å².